The Morgan fingerprint density at radius 2 is 1.88 bits per heavy atom. The number of nitrogens with zero attached hydrogens (tertiary/aromatic N) is 2. The van der Waals surface area contributed by atoms with Crippen LogP contribution in [-0.2, 0) is 4.74 Å². The van der Waals surface area contributed by atoms with Gasteiger partial charge in [0.25, 0.3) is 5.89 Å². The number of rotatable bonds is 4. The summed E-state index contributed by atoms with van der Waals surface area (Å²) in [6.07, 6.45) is -0.840. The second kappa shape index (κ2) is 7.21. The lowest BCUT2D eigenvalue weighted by atomic mass is 10.2. The van der Waals surface area contributed by atoms with Crippen LogP contribution < -0.4 is 0 Å². The van der Waals surface area contributed by atoms with E-state index >= 15 is 0 Å². The van der Waals surface area contributed by atoms with E-state index in [0.29, 0.717) is 5.89 Å². The van der Waals surface area contributed by atoms with Gasteiger partial charge in [0, 0.05) is 5.56 Å². The highest BCUT2D eigenvalue weighted by Gasteiger charge is 2.22. The molecule has 1 aromatic heterocycles. The van der Waals surface area contributed by atoms with E-state index in [1.807, 2.05) is 30.3 Å². The zero-order valence-corrected chi connectivity index (χ0v) is 14.4. The van der Waals surface area contributed by atoms with E-state index < -0.39 is 17.9 Å². The van der Waals surface area contributed by atoms with Gasteiger partial charge in [-0.1, -0.05) is 41.4 Å². The van der Waals surface area contributed by atoms with Gasteiger partial charge in [0.2, 0.25) is 5.89 Å². The largest absolute Gasteiger partial charge is 0.449 e. The molecule has 0 unspecified atom stereocenters. The third-order valence-corrected chi connectivity index (χ3v) is 3.93. The number of carbonyl (C=O) groups is 1. The highest BCUT2D eigenvalue weighted by molar-refractivity contribution is 6.36. The van der Waals surface area contributed by atoms with Crippen LogP contribution in [0.5, 0.6) is 0 Å². The maximum absolute atomic E-state index is 13.5. The average Bonchev–Trinajstić information content (AvgIpc) is 3.09. The molecule has 0 N–H and O–H groups in total. The van der Waals surface area contributed by atoms with Crippen molar-refractivity contribution in [2.75, 3.05) is 0 Å². The lowest BCUT2D eigenvalue weighted by Gasteiger charge is -2.10. The van der Waals surface area contributed by atoms with Gasteiger partial charge in [-0.05, 0) is 31.2 Å². The Morgan fingerprint density at radius 1 is 1.16 bits per heavy atom. The number of hydrogen-bond acceptors (Lipinski definition) is 5. The molecule has 0 spiro atoms. The van der Waals surface area contributed by atoms with Crippen LogP contribution in [0.25, 0.3) is 11.5 Å². The van der Waals surface area contributed by atoms with E-state index in [0.717, 1.165) is 17.7 Å². The van der Waals surface area contributed by atoms with Crippen molar-refractivity contribution in [1.82, 2.24) is 10.2 Å². The fourth-order valence-electron chi connectivity index (χ4n) is 2.05. The van der Waals surface area contributed by atoms with Gasteiger partial charge in [-0.15, -0.1) is 10.2 Å². The Hall–Kier alpha value is -2.44. The van der Waals surface area contributed by atoms with Crippen LogP contribution in [0.4, 0.5) is 4.39 Å². The number of ether oxygens (including phenoxy) is 1. The van der Waals surface area contributed by atoms with Gasteiger partial charge in [-0.2, -0.15) is 0 Å². The SMILES string of the molecule is C[C@H](OC(=O)c1cc(F)c(Cl)cc1Cl)c1nnc(-c2ccccc2)o1. The van der Waals surface area contributed by atoms with E-state index in [1.165, 1.54) is 0 Å². The number of halogens is 3. The van der Waals surface area contributed by atoms with Crippen LogP contribution in [0.1, 0.15) is 29.3 Å². The third-order valence-electron chi connectivity index (χ3n) is 3.32. The number of benzene rings is 2. The molecule has 5 nitrogen and oxygen atoms in total. The minimum atomic E-state index is -0.840. The minimum absolute atomic E-state index is 0.0147. The van der Waals surface area contributed by atoms with Crippen molar-refractivity contribution in [2.24, 2.45) is 0 Å². The molecule has 128 valence electrons. The number of esters is 1. The van der Waals surface area contributed by atoms with E-state index in [4.69, 9.17) is 32.4 Å². The normalized spacial score (nSPS) is 12.0. The highest BCUT2D eigenvalue weighted by atomic mass is 35.5. The molecular weight excluding hydrogens is 370 g/mol. The molecule has 2 aromatic carbocycles. The van der Waals surface area contributed by atoms with Gasteiger partial charge < -0.3 is 9.15 Å². The van der Waals surface area contributed by atoms with Gasteiger partial charge in [-0.3, -0.25) is 0 Å². The molecule has 1 heterocycles. The molecule has 0 aliphatic carbocycles. The Morgan fingerprint density at radius 3 is 2.60 bits per heavy atom. The Labute approximate surface area is 152 Å². The molecule has 0 aliphatic heterocycles. The quantitative estimate of drug-likeness (QED) is 0.465. The zero-order chi connectivity index (χ0) is 18.0. The van der Waals surface area contributed by atoms with Gasteiger partial charge in [-0.25, -0.2) is 9.18 Å². The van der Waals surface area contributed by atoms with Crippen molar-refractivity contribution in [3.63, 3.8) is 0 Å². The molecule has 0 fully saturated rings. The van der Waals surface area contributed by atoms with Gasteiger partial charge in [0.1, 0.15) is 5.82 Å². The smallest absolute Gasteiger partial charge is 0.340 e. The molecule has 0 saturated heterocycles. The van der Waals surface area contributed by atoms with Crippen LogP contribution in [0.15, 0.2) is 46.9 Å². The summed E-state index contributed by atoms with van der Waals surface area (Å²) in [6, 6.07) is 11.2. The summed E-state index contributed by atoms with van der Waals surface area (Å²) in [4.78, 5) is 12.2. The maximum atomic E-state index is 13.5. The Kier molecular flexibility index (Phi) is 5.01. The Bertz CT molecular complexity index is 916. The standard InChI is InChI=1S/C17H11Cl2FN2O3/c1-9(15-21-22-16(25-15)10-5-3-2-4-6-10)24-17(23)11-7-14(20)13(19)8-12(11)18/h2-9H,1H3/t9-/m0/s1. The van der Waals surface area contributed by atoms with Crippen molar-refractivity contribution in [1.29, 1.82) is 0 Å². The first-order chi connectivity index (χ1) is 12.0. The predicted octanol–water partition coefficient (Wildman–Crippen LogP) is 5.10. The third kappa shape index (κ3) is 3.81. The summed E-state index contributed by atoms with van der Waals surface area (Å²) in [6.45, 7) is 1.56. The molecule has 0 amide bonds. The molecule has 3 aromatic rings. The fourth-order valence-corrected chi connectivity index (χ4v) is 2.51. The van der Waals surface area contributed by atoms with Gasteiger partial charge in [0.15, 0.2) is 6.10 Å². The summed E-state index contributed by atoms with van der Waals surface area (Å²) < 4.78 is 24.3. The predicted molar refractivity (Wildman–Crippen MR) is 90.0 cm³/mol. The molecule has 25 heavy (non-hydrogen) atoms. The topological polar surface area (TPSA) is 65.2 Å². The Balaban J connectivity index is 1.76. The maximum Gasteiger partial charge on any atom is 0.340 e. The zero-order valence-electron chi connectivity index (χ0n) is 12.9. The molecule has 8 heteroatoms. The first-order valence-corrected chi connectivity index (χ1v) is 7.95. The molecule has 0 aliphatic rings. The van der Waals surface area contributed by atoms with E-state index in [2.05, 4.69) is 10.2 Å². The molecular formula is C17H11Cl2FN2O3. The van der Waals surface area contributed by atoms with E-state index in [1.54, 1.807) is 6.92 Å². The van der Waals surface area contributed by atoms with Gasteiger partial charge in [0.05, 0.1) is 15.6 Å². The number of carbonyl (C=O) groups excluding carboxylic acids is 1. The van der Waals surface area contributed by atoms with Crippen molar-refractivity contribution < 1.29 is 18.3 Å². The summed E-state index contributed by atoms with van der Waals surface area (Å²) in [5.74, 6) is -1.19. The summed E-state index contributed by atoms with van der Waals surface area (Å²) in [5, 5.41) is 7.59. The molecule has 3 rings (SSSR count). The number of hydrogen-bond donors (Lipinski definition) is 0. The van der Waals surface area contributed by atoms with Crippen molar-refractivity contribution >= 4 is 29.2 Å². The van der Waals surface area contributed by atoms with Crippen LogP contribution in [0.3, 0.4) is 0 Å². The van der Waals surface area contributed by atoms with Crippen molar-refractivity contribution in [3.05, 3.63) is 69.8 Å². The lowest BCUT2D eigenvalue weighted by molar-refractivity contribution is 0.0279. The monoisotopic (exact) mass is 380 g/mol. The van der Waals surface area contributed by atoms with Crippen molar-refractivity contribution in [2.45, 2.75) is 13.0 Å². The van der Waals surface area contributed by atoms with Crippen LogP contribution in [-0.4, -0.2) is 16.2 Å². The second-order valence-corrected chi connectivity index (χ2v) is 5.92. The van der Waals surface area contributed by atoms with Crippen LogP contribution in [0, 0.1) is 5.82 Å². The number of aromatic nitrogens is 2. The van der Waals surface area contributed by atoms with Crippen LogP contribution in [0.2, 0.25) is 10.0 Å². The van der Waals surface area contributed by atoms with Crippen molar-refractivity contribution in [3.8, 4) is 11.5 Å². The lowest BCUT2D eigenvalue weighted by Crippen LogP contribution is -2.10. The minimum Gasteiger partial charge on any atom is -0.449 e. The van der Waals surface area contributed by atoms with Crippen LogP contribution >= 0.6 is 23.2 Å². The first kappa shape index (κ1) is 17.4. The fraction of sp³-hybridized carbons (Fsp3) is 0.118. The summed E-state index contributed by atoms with van der Waals surface area (Å²) in [7, 11) is 0. The molecule has 1 atom stereocenters. The molecule has 0 bridgehead atoms. The highest BCUT2D eigenvalue weighted by Crippen LogP contribution is 2.27. The molecule has 0 saturated carbocycles. The summed E-state index contributed by atoms with van der Waals surface area (Å²) in [5.41, 5.74) is 0.598. The summed E-state index contributed by atoms with van der Waals surface area (Å²) >= 11 is 11.5. The second-order valence-electron chi connectivity index (χ2n) is 5.11. The van der Waals surface area contributed by atoms with E-state index in [9.17, 15) is 9.18 Å². The molecule has 0 radical (unpaired) electrons. The van der Waals surface area contributed by atoms with E-state index in [-0.39, 0.29) is 21.5 Å². The first-order valence-electron chi connectivity index (χ1n) is 7.20. The van der Waals surface area contributed by atoms with Gasteiger partial charge >= 0.3 is 5.97 Å². The average molecular weight is 381 g/mol.